The zero-order valence-corrected chi connectivity index (χ0v) is 9.87. The summed E-state index contributed by atoms with van der Waals surface area (Å²) in [5.41, 5.74) is 2.00. The zero-order valence-electron chi connectivity index (χ0n) is 9.87. The van der Waals surface area contributed by atoms with Gasteiger partial charge in [0.25, 0.3) is 0 Å². The van der Waals surface area contributed by atoms with E-state index in [1.807, 2.05) is 12.3 Å². The van der Waals surface area contributed by atoms with Gasteiger partial charge in [0.1, 0.15) is 0 Å². The van der Waals surface area contributed by atoms with Crippen molar-refractivity contribution in [2.75, 3.05) is 6.54 Å². The van der Waals surface area contributed by atoms with Crippen LogP contribution in [0.25, 0.3) is 10.9 Å². The summed E-state index contributed by atoms with van der Waals surface area (Å²) >= 11 is 0. The fraction of sp³-hybridized carbons (Fsp3) is 0.429. The number of rotatable bonds is 4. The van der Waals surface area contributed by atoms with E-state index in [4.69, 9.17) is 0 Å². The molecule has 17 heavy (non-hydrogen) atoms. The number of hydrogen-bond donors (Lipinski definition) is 3. The van der Waals surface area contributed by atoms with Gasteiger partial charge < -0.3 is 15.4 Å². The molecule has 1 aliphatic rings. The van der Waals surface area contributed by atoms with E-state index in [1.165, 1.54) is 16.5 Å². The number of nitrogens with one attached hydrogen (secondary N) is 2. The first-order valence-corrected chi connectivity index (χ1v) is 6.25. The van der Waals surface area contributed by atoms with Crippen molar-refractivity contribution in [3.05, 3.63) is 36.0 Å². The standard InChI is InChI=1S/C14H18N2O/c17-14(6-3-7-14)10-15-8-11-9-16-13-5-2-1-4-12(11)13/h1-2,4-5,9,15-17H,3,6-8,10H2. The summed E-state index contributed by atoms with van der Waals surface area (Å²) in [5, 5.41) is 14.6. The van der Waals surface area contributed by atoms with E-state index in [0.29, 0.717) is 6.54 Å². The smallest absolute Gasteiger partial charge is 0.0771 e. The Balaban J connectivity index is 1.65. The Bertz CT molecular complexity index is 514. The summed E-state index contributed by atoms with van der Waals surface area (Å²) < 4.78 is 0. The molecule has 1 heterocycles. The predicted octanol–water partition coefficient (Wildman–Crippen LogP) is 2.17. The monoisotopic (exact) mass is 230 g/mol. The number of fused-ring (bicyclic) bond motifs is 1. The molecule has 0 radical (unpaired) electrons. The van der Waals surface area contributed by atoms with E-state index in [9.17, 15) is 5.11 Å². The van der Waals surface area contributed by atoms with Gasteiger partial charge in [-0.1, -0.05) is 18.2 Å². The number of hydrogen-bond acceptors (Lipinski definition) is 2. The van der Waals surface area contributed by atoms with E-state index in [-0.39, 0.29) is 0 Å². The Morgan fingerprint density at radius 1 is 1.29 bits per heavy atom. The van der Waals surface area contributed by atoms with Crippen LogP contribution >= 0.6 is 0 Å². The molecule has 0 aliphatic heterocycles. The molecule has 0 unspecified atom stereocenters. The van der Waals surface area contributed by atoms with Gasteiger partial charge in [0.15, 0.2) is 0 Å². The first kappa shape index (κ1) is 10.8. The van der Waals surface area contributed by atoms with Crippen LogP contribution in [0, 0.1) is 0 Å². The molecule has 3 N–H and O–H groups in total. The first-order chi connectivity index (χ1) is 8.27. The lowest BCUT2D eigenvalue weighted by atomic mass is 9.80. The third-order valence-corrected chi connectivity index (χ3v) is 3.73. The van der Waals surface area contributed by atoms with Gasteiger partial charge in [0.05, 0.1) is 5.60 Å². The third-order valence-electron chi connectivity index (χ3n) is 3.73. The van der Waals surface area contributed by atoms with E-state index in [2.05, 4.69) is 28.5 Å². The van der Waals surface area contributed by atoms with Crippen LogP contribution in [-0.4, -0.2) is 22.2 Å². The lowest BCUT2D eigenvalue weighted by molar-refractivity contribution is -0.0314. The Morgan fingerprint density at radius 3 is 2.88 bits per heavy atom. The topological polar surface area (TPSA) is 48.0 Å². The molecule has 0 spiro atoms. The summed E-state index contributed by atoms with van der Waals surface area (Å²) in [6.45, 7) is 1.51. The minimum Gasteiger partial charge on any atom is -0.389 e. The maximum atomic E-state index is 9.98. The highest BCUT2D eigenvalue weighted by Gasteiger charge is 2.33. The summed E-state index contributed by atoms with van der Waals surface area (Å²) in [6.07, 6.45) is 5.08. The maximum absolute atomic E-state index is 9.98. The second-order valence-corrected chi connectivity index (χ2v) is 5.04. The highest BCUT2D eigenvalue weighted by Crippen LogP contribution is 2.30. The Labute approximate surface area is 101 Å². The van der Waals surface area contributed by atoms with Crippen molar-refractivity contribution < 1.29 is 5.11 Å². The quantitative estimate of drug-likeness (QED) is 0.754. The molecule has 1 aliphatic carbocycles. The summed E-state index contributed by atoms with van der Waals surface area (Å²) in [6, 6.07) is 8.30. The number of benzene rings is 1. The van der Waals surface area contributed by atoms with E-state index in [1.54, 1.807) is 0 Å². The van der Waals surface area contributed by atoms with Gasteiger partial charge in [0.2, 0.25) is 0 Å². The minimum absolute atomic E-state index is 0.438. The first-order valence-electron chi connectivity index (χ1n) is 6.25. The van der Waals surface area contributed by atoms with Crippen molar-refractivity contribution in [3.8, 4) is 0 Å². The van der Waals surface area contributed by atoms with E-state index >= 15 is 0 Å². The second kappa shape index (κ2) is 4.17. The fourth-order valence-electron chi connectivity index (χ4n) is 2.47. The van der Waals surface area contributed by atoms with E-state index in [0.717, 1.165) is 25.8 Å². The van der Waals surface area contributed by atoms with Crippen LogP contribution in [0.2, 0.25) is 0 Å². The SMILES string of the molecule is OC1(CNCc2c[nH]c3ccccc23)CCC1. The number of aromatic nitrogens is 1. The molecule has 1 aromatic carbocycles. The molecule has 0 amide bonds. The Hall–Kier alpha value is -1.32. The molecule has 0 atom stereocenters. The minimum atomic E-state index is -0.438. The molecular weight excluding hydrogens is 212 g/mol. The van der Waals surface area contributed by atoms with Crippen LogP contribution in [0.5, 0.6) is 0 Å². The molecule has 2 aromatic rings. The third kappa shape index (κ3) is 2.08. The largest absolute Gasteiger partial charge is 0.389 e. The molecular formula is C14H18N2O. The molecule has 0 saturated heterocycles. The predicted molar refractivity (Wildman–Crippen MR) is 68.8 cm³/mol. The number of aromatic amines is 1. The number of para-hydroxylation sites is 1. The summed E-state index contributed by atoms with van der Waals surface area (Å²) in [4.78, 5) is 3.26. The van der Waals surface area contributed by atoms with Crippen LogP contribution in [0.1, 0.15) is 24.8 Å². The van der Waals surface area contributed by atoms with Gasteiger partial charge in [-0.2, -0.15) is 0 Å². The van der Waals surface area contributed by atoms with Gasteiger partial charge in [-0.25, -0.2) is 0 Å². The lowest BCUT2D eigenvalue weighted by Gasteiger charge is -2.36. The fourth-order valence-corrected chi connectivity index (χ4v) is 2.47. The van der Waals surface area contributed by atoms with E-state index < -0.39 is 5.60 Å². The molecule has 3 heteroatoms. The molecule has 1 saturated carbocycles. The van der Waals surface area contributed by atoms with Crippen LogP contribution in [0.3, 0.4) is 0 Å². The zero-order chi connectivity index (χ0) is 11.7. The molecule has 1 fully saturated rings. The highest BCUT2D eigenvalue weighted by molar-refractivity contribution is 5.82. The average molecular weight is 230 g/mol. The summed E-state index contributed by atoms with van der Waals surface area (Å²) in [5.74, 6) is 0. The number of aliphatic hydroxyl groups is 1. The van der Waals surface area contributed by atoms with Crippen molar-refractivity contribution >= 4 is 10.9 Å². The summed E-state index contributed by atoms with van der Waals surface area (Å²) in [7, 11) is 0. The maximum Gasteiger partial charge on any atom is 0.0771 e. The highest BCUT2D eigenvalue weighted by atomic mass is 16.3. The van der Waals surface area contributed by atoms with Crippen molar-refractivity contribution in [1.82, 2.24) is 10.3 Å². The Kier molecular flexibility index (Phi) is 2.65. The van der Waals surface area contributed by atoms with Crippen molar-refractivity contribution in [2.45, 2.75) is 31.4 Å². The lowest BCUT2D eigenvalue weighted by Crippen LogP contribution is -2.45. The van der Waals surface area contributed by atoms with Gasteiger partial charge in [-0.3, -0.25) is 0 Å². The normalized spacial score (nSPS) is 18.2. The van der Waals surface area contributed by atoms with Crippen LogP contribution < -0.4 is 5.32 Å². The van der Waals surface area contributed by atoms with Gasteiger partial charge in [-0.15, -0.1) is 0 Å². The molecule has 1 aromatic heterocycles. The molecule has 3 rings (SSSR count). The van der Waals surface area contributed by atoms with Crippen LogP contribution in [0.15, 0.2) is 30.5 Å². The average Bonchev–Trinajstić information content (AvgIpc) is 2.71. The second-order valence-electron chi connectivity index (χ2n) is 5.04. The van der Waals surface area contributed by atoms with Gasteiger partial charge in [0, 0.05) is 30.2 Å². The van der Waals surface area contributed by atoms with Gasteiger partial charge in [-0.05, 0) is 30.9 Å². The molecule has 0 bridgehead atoms. The molecule has 90 valence electrons. The van der Waals surface area contributed by atoms with Crippen LogP contribution in [0.4, 0.5) is 0 Å². The van der Waals surface area contributed by atoms with Crippen molar-refractivity contribution in [1.29, 1.82) is 0 Å². The van der Waals surface area contributed by atoms with Crippen molar-refractivity contribution in [3.63, 3.8) is 0 Å². The number of H-pyrrole nitrogens is 1. The molecule has 3 nitrogen and oxygen atoms in total. The van der Waals surface area contributed by atoms with Gasteiger partial charge >= 0.3 is 0 Å². The Morgan fingerprint density at radius 2 is 2.12 bits per heavy atom. The van der Waals surface area contributed by atoms with Crippen LogP contribution in [-0.2, 0) is 6.54 Å². The van der Waals surface area contributed by atoms with Crippen molar-refractivity contribution in [2.24, 2.45) is 0 Å².